The van der Waals surface area contributed by atoms with Crippen LogP contribution >= 0.6 is 11.8 Å². The van der Waals surface area contributed by atoms with Gasteiger partial charge < -0.3 is 4.74 Å². The van der Waals surface area contributed by atoms with Gasteiger partial charge >= 0.3 is 0 Å². The summed E-state index contributed by atoms with van der Waals surface area (Å²) < 4.78 is 5.81. The molecule has 2 aromatic carbocycles. The summed E-state index contributed by atoms with van der Waals surface area (Å²) in [6.07, 6.45) is 0.716. The zero-order valence-corrected chi connectivity index (χ0v) is 11.9. The van der Waals surface area contributed by atoms with Crippen LogP contribution in [0.25, 0.3) is 0 Å². The van der Waals surface area contributed by atoms with Gasteiger partial charge in [-0.3, -0.25) is 10.1 Å². The maximum Gasteiger partial charge on any atom is 0.282 e. The molecule has 4 nitrogen and oxygen atoms in total. The average molecular weight is 299 g/mol. The number of nitrogens with zero attached hydrogens (tertiary/aromatic N) is 1. The molecule has 0 N–H and O–H groups in total. The summed E-state index contributed by atoms with van der Waals surface area (Å²) in [5.41, 5.74) is 2.12. The van der Waals surface area contributed by atoms with E-state index in [1.807, 2.05) is 60.7 Å². The Kier molecular flexibility index (Phi) is 3.92. The van der Waals surface area contributed by atoms with Crippen LogP contribution in [0, 0.1) is 10.1 Å². The van der Waals surface area contributed by atoms with Gasteiger partial charge in [0.05, 0.1) is 10.2 Å². The van der Waals surface area contributed by atoms with E-state index in [0.717, 1.165) is 17.3 Å². The molecule has 1 heterocycles. The van der Waals surface area contributed by atoms with Crippen molar-refractivity contribution >= 4 is 11.8 Å². The summed E-state index contributed by atoms with van der Waals surface area (Å²) in [6.45, 7) is 0. The second kappa shape index (κ2) is 6.01. The van der Waals surface area contributed by atoms with Gasteiger partial charge in [0.15, 0.2) is 0 Å². The molecule has 1 aliphatic heterocycles. The third-order valence-electron chi connectivity index (χ3n) is 3.23. The predicted octanol–water partition coefficient (Wildman–Crippen LogP) is 4.31. The summed E-state index contributed by atoms with van der Waals surface area (Å²) in [7, 11) is 0. The van der Waals surface area contributed by atoms with Gasteiger partial charge in [0.1, 0.15) is 6.10 Å². The lowest BCUT2D eigenvalue weighted by Gasteiger charge is -2.17. The Hall–Kier alpha value is -2.27. The Balaban J connectivity index is 1.97. The molecule has 0 spiro atoms. The molecule has 0 saturated carbocycles. The van der Waals surface area contributed by atoms with Crippen LogP contribution in [0.3, 0.4) is 0 Å². The molecular weight excluding hydrogens is 286 g/mol. The Bertz CT molecular complexity index is 608. The number of rotatable bonds is 3. The van der Waals surface area contributed by atoms with Crippen LogP contribution in [0.15, 0.2) is 72.0 Å². The van der Waals surface area contributed by atoms with Gasteiger partial charge in [-0.15, -0.1) is 0 Å². The molecule has 21 heavy (non-hydrogen) atoms. The quantitative estimate of drug-likeness (QED) is 0.626. The maximum atomic E-state index is 10.7. The van der Waals surface area contributed by atoms with Crippen LogP contribution in [-0.4, -0.2) is 4.92 Å². The lowest BCUT2D eigenvalue weighted by atomic mass is 10.0. The molecule has 1 aliphatic rings. The van der Waals surface area contributed by atoms with Crippen molar-refractivity contribution in [3.05, 3.63) is 93.2 Å². The van der Waals surface area contributed by atoms with E-state index >= 15 is 0 Å². The lowest BCUT2D eigenvalue weighted by molar-refractivity contribution is -0.404. The van der Waals surface area contributed by atoms with E-state index in [0.29, 0.717) is 5.09 Å². The molecule has 1 saturated heterocycles. The molecule has 0 aromatic heterocycles. The summed E-state index contributed by atoms with van der Waals surface area (Å²) in [4.78, 5) is 10.2. The van der Waals surface area contributed by atoms with Gasteiger partial charge in [-0.05, 0) is 11.1 Å². The number of hydrogen-bond donors (Lipinski definition) is 0. The highest BCUT2D eigenvalue weighted by Crippen LogP contribution is 2.53. The van der Waals surface area contributed by atoms with Gasteiger partial charge in [0, 0.05) is 0 Å². The first-order chi connectivity index (χ1) is 10.2. The molecule has 0 bridgehead atoms. The third-order valence-corrected chi connectivity index (χ3v) is 4.44. The van der Waals surface area contributed by atoms with Crippen molar-refractivity contribution in [2.75, 3.05) is 0 Å². The number of ether oxygens (including phenoxy) is 1. The van der Waals surface area contributed by atoms with Crippen molar-refractivity contribution < 1.29 is 9.66 Å². The minimum atomic E-state index is -0.474. The average Bonchev–Trinajstić information content (AvgIpc) is 2.92. The van der Waals surface area contributed by atoms with Gasteiger partial charge in [0.25, 0.3) is 6.20 Å². The summed E-state index contributed by atoms with van der Waals surface area (Å²) >= 11 is 1.39. The molecule has 0 aliphatic carbocycles. The van der Waals surface area contributed by atoms with E-state index in [-0.39, 0.29) is 11.4 Å². The van der Waals surface area contributed by atoms with Crippen molar-refractivity contribution in [2.45, 2.75) is 11.4 Å². The highest BCUT2D eigenvalue weighted by molar-refractivity contribution is 8.03. The second-order valence-corrected chi connectivity index (χ2v) is 5.78. The van der Waals surface area contributed by atoms with Crippen LogP contribution in [0.1, 0.15) is 22.5 Å². The minimum absolute atomic E-state index is 0.0137. The van der Waals surface area contributed by atoms with Crippen LogP contribution < -0.4 is 0 Å². The van der Waals surface area contributed by atoms with E-state index in [4.69, 9.17) is 4.74 Å². The first-order valence-electron chi connectivity index (χ1n) is 6.52. The first kappa shape index (κ1) is 13.7. The maximum absolute atomic E-state index is 10.7. The zero-order valence-electron chi connectivity index (χ0n) is 11.1. The topological polar surface area (TPSA) is 52.4 Å². The Morgan fingerprint density at radius 1 is 1.00 bits per heavy atom. The SMILES string of the molecule is O=[N+]([O-])/C=C1/O[C@@H](c2ccccc2)[C@H](c2ccccc2)S1. The first-order valence-corrected chi connectivity index (χ1v) is 7.40. The van der Waals surface area contributed by atoms with Gasteiger partial charge in [-0.1, -0.05) is 72.4 Å². The summed E-state index contributed by atoms with van der Waals surface area (Å²) in [6, 6.07) is 19.7. The number of benzene rings is 2. The molecular formula is C16H13NO3S. The fourth-order valence-corrected chi connectivity index (χ4v) is 3.51. The van der Waals surface area contributed by atoms with Crippen molar-refractivity contribution in [2.24, 2.45) is 0 Å². The standard InChI is InChI=1S/C16H13NO3S/c18-17(19)11-14-20-15(12-7-3-1-4-8-12)16(21-14)13-9-5-2-6-10-13/h1-11,15-16H/b14-11-/t15-,16-/m0/s1. The summed E-state index contributed by atoms with van der Waals surface area (Å²) in [5, 5.41) is 11.0. The van der Waals surface area contributed by atoms with Crippen LogP contribution in [0.4, 0.5) is 0 Å². The van der Waals surface area contributed by atoms with Crippen molar-refractivity contribution in [1.82, 2.24) is 0 Å². The van der Waals surface area contributed by atoms with E-state index in [9.17, 15) is 10.1 Å². The number of nitro groups is 1. The van der Waals surface area contributed by atoms with Crippen LogP contribution in [-0.2, 0) is 4.74 Å². The molecule has 0 radical (unpaired) electrons. The van der Waals surface area contributed by atoms with E-state index in [1.165, 1.54) is 11.8 Å². The second-order valence-electron chi connectivity index (χ2n) is 4.63. The van der Waals surface area contributed by atoms with Crippen LogP contribution in [0.2, 0.25) is 0 Å². The Morgan fingerprint density at radius 2 is 1.57 bits per heavy atom. The highest BCUT2D eigenvalue weighted by Gasteiger charge is 2.37. The van der Waals surface area contributed by atoms with Gasteiger partial charge in [-0.25, -0.2) is 0 Å². The fourth-order valence-electron chi connectivity index (χ4n) is 2.32. The molecule has 106 valence electrons. The van der Waals surface area contributed by atoms with E-state index in [1.54, 1.807) is 0 Å². The molecule has 3 rings (SSSR count). The molecule has 0 unspecified atom stereocenters. The molecule has 2 aromatic rings. The summed E-state index contributed by atoms with van der Waals surface area (Å²) in [5.74, 6) is 0. The van der Waals surface area contributed by atoms with Crippen molar-refractivity contribution in [3.8, 4) is 0 Å². The van der Waals surface area contributed by atoms with Gasteiger partial charge in [-0.2, -0.15) is 0 Å². The molecule has 5 heteroatoms. The Labute approximate surface area is 126 Å². The molecule has 1 fully saturated rings. The monoisotopic (exact) mass is 299 g/mol. The molecule has 2 atom stereocenters. The Morgan fingerprint density at radius 3 is 2.14 bits per heavy atom. The number of thioether (sulfide) groups is 1. The number of hydrogen-bond acceptors (Lipinski definition) is 4. The normalized spacial score (nSPS) is 23.0. The van der Waals surface area contributed by atoms with E-state index in [2.05, 4.69) is 0 Å². The smallest absolute Gasteiger partial charge is 0.282 e. The highest BCUT2D eigenvalue weighted by atomic mass is 32.2. The van der Waals surface area contributed by atoms with Crippen molar-refractivity contribution in [1.29, 1.82) is 0 Å². The van der Waals surface area contributed by atoms with Gasteiger partial charge in [0.2, 0.25) is 5.09 Å². The molecule has 0 amide bonds. The van der Waals surface area contributed by atoms with Crippen molar-refractivity contribution in [3.63, 3.8) is 0 Å². The largest absolute Gasteiger partial charge is 0.472 e. The fraction of sp³-hybridized carbons (Fsp3) is 0.125. The van der Waals surface area contributed by atoms with Crippen LogP contribution in [0.5, 0.6) is 0 Å². The zero-order chi connectivity index (χ0) is 14.7. The van der Waals surface area contributed by atoms with E-state index < -0.39 is 4.92 Å². The third kappa shape index (κ3) is 3.08. The minimum Gasteiger partial charge on any atom is -0.472 e. The lowest BCUT2D eigenvalue weighted by Crippen LogP contribution is -2.04. The predicted molar refractivity (Wildman–Crippen MR) is 82.1 cm³/mol.